The van der Waals surface area contributed by atoms with Crippen LogP contribution >= 0.6 is 11.8 Å². The summed E-state index contributed by atoms with van der Waals surface area (Å²) in [5.41, 5.74) is 0. The van der Waals surface area contributed by atoms with Gasteiger partial charge >= 0.3 is 0 Å². The van der Waals surface area contributed by atoms with E-state index in [9.17, 15) is 0 Å². The van der Waals surface area contributed by atoms with E-state index < -0.39 is 0 Å². The topological polar surface area (TPSA) is 42.7 Å². The van der Waals surface area contributed by atoms with Crippen molar-refractivity contribution in [3.05, 3.63) is 12.2 Å². The summed E-state index contributed by atoms with van der Waals surface area (Å²) in [5, 5.41) is 7.68. The van der Waals surface area contributed by atoms with Gasteiger partial charge in [0.15, 0.2) is 0 Å². The summed E-state index contributed by atoms with van der Waals surface area (Å²) in [4.78, 5) is 4.26. The molecule has 16 heavy (non-hydrogen) atoms. The molecule has 0 unspecified atom stereocenters. The summed E-state index contributed by atoms with van der Waals surface area (Å²) < 4.78 is 2.44. The number of nitrogens with one attached hydrogen (secondary N) is 1. The van der Waals surface area contributed by atoms with E-state index in [1.807, 2.05) is 16.4 Å². The first kappa shape index (κ1) is 11.9. The van der Waals surface area contributed by atoms with Gasteiger partial charge in [-0.25, -0.2) is 9.67 Å². The molecule has 1 heterocycles. The monoisotopic (exact) mass is 240 g/mol. The Labute approximate surface area is 101 Å². The maximum absolute atomic E-state index is 4.26. The van der Waals surface area contributed by atoms with Crippen LogP contribution in [0.4, 0.5) is 0 Å². The maximum Gasteiger partial charge on any atom is 0.140 e. The number of aromatic nitrogens is 3. The van der Waals surface area contributed by atoms with E-state index in [-0.39, 0.29) is 0 Å². The maximum atomic E-state index is 4.26. The molecule has 4 nitrogen and oxygen atoms in total. The summed E-state index contributed by atoms with van der Waals surface area (Å²) in [6.07, 6.45) is 7.93. The lowest BCUT2D eigenvalue weighted by Gasteiger charge is -2.40. The van der Waals surface area contributed by atoms with Crippen LogP contribution in [0.3, 0.4) is 0 Å². The molecule has 1 saturated carbocycles. The Morgan fingerprint density at radius 2 is 2.38 bits per heavy atom. The largest absolute Gasteiger partial charge is 0.308 e. The average Bonchev–Trinajstić information content (AvgIpc) is 2.69. The quantitative estimate of drug-likeness (QED) is 0.821. The van der Waals surface area contributed by atoms with Gasteiger partial charge in [0.1, 0.15) is 12.2 Å². The molecule has 1 aromatic rings. The number of hydrogen-bond donors (Lipinski definition) is 1. The molecule has 1 N–H and O–H groups in total. The van der Waals surface area contributed by atoms with E-state index in [0.717, 1.165) is 25.5 Å². The zero-order chi connectivity index (χ0) is 11.4. The van der Waals surface area contributed by atoms with Crippen molar-refractivity contribution in [1.29, 1.82) is 0 Å². The molecule has 0 saturated heterocycles. The molecule has 0 aromatic carbocycles. The summed E-state index contributed by atoms with van der Waals surface area (Å²) in [6, 6.07) is 0. The van der Waals surface area contributed by atoms with E-state index in [0.29, 0.717) is 4.75 Å². The Morgan fingerprint density at radius 3 is 2.94 bits per heavy atom. The third-order valence-electron chi connectivity index (χ3n) is 3.42. The van der Waals surface area contributed by atoms with Crippen molar-refractivity contribution in [1.82, 2.24) is 20.1 Å². The van der Waals surface area contributed by atoms with Gasteiger partial charge in [0.05, 0.1) is 6.54 Å². The standard InChI is InChI=1S/C11H20N4S/c1-3-15-10(13-9-14-15)7-12-8-11(16-2)5-4-6-11/h9,12H,3-8H2,1-2H3. The van der Waals surface area contributed by atoms with Gasteiger partial charge in [0.25, 0.3) is 0 Å². The van der Waals surface area contributed by atoms with Gasteiger partial charge in [-0.15, -0.1) is 0 Å². The Balaban J connectivity index is 1.79. The zero-order valence-corrected chi connectivity index (χ0v) is 10.9. The van der Waals surface area contributed by atoms with Crippen LogP contribution in [0.1, 0.15) is 32.0 Å². The molecular formula is C11H20N4S. The summed E-state index contributed by atoms with van der Waals surface area (Å²) in [6.45, 7) is 4.90. The first-order valence-corrected chi connectivity index (χ1v) is 7.15. The lowest BCUT2D eigenvalue weighted by Crippen LogP contribution is -2.43. The van der Waals surface area contributed by atoms with Crippen molar-refractivity contribution in [3.63, 3.8) is 0 Å². The minimum Gasteiger partial charge on any atom is -0.308 e. The van der Waals surface area contributed by atoms with Gasteiger partial charge in [0, 0.05) is 17.8 Å². The molecule has 1 aromatic heterocycles. The minimum absolute atomic E-state index is 0.497. The molecule has 0 atom stereocenters. The van der Waals surface area contributed by atoms with Gasteiger partial charge in [-0.05, 0) is 26.0 Å². The van der Waals surface area contributed by atoms with E-state index >= 15 is 0 Å². The van der Waals surface area contributed by atoms with Gasteiger partial charge < -0.3 is 5.32 Å². The molecule has 1 fully saturated rings. The number of thioether (sulfide) groups is 1. The molecule has 1 aliphatic rings. The van der Waals surface area contributed by atoms with Gasteiger partial charge in [-0.1, -0.05) is 6.42 Å². The number of nitrogens with zero attached hydrogens (tertiary/aromatic N) is 3. The number of rotatable bonds is 6. The second kappa shape index (κ2) is 5.19. The van der Waals surface area contributed by atoms with Crippen molar-refractivity contribution in [2.24, 2.45) is 0 Å². The van der Waals surface area contributed by atoms with Crippen LogP contribution in [0.15, 0.2) is 6.33 Å². The second-order valence-corrected chi connectivity index (χ2v) is 5.61. The van der Waals surface area contributed by atoms with Crippen molar-refractivity contribution < 1.29 is 0 Å². The molecule has 1 aliphatic carbocycles. The van der Waals surface area contributed by atoms with Crippen molar-refractivity contribution in [3.8, 4) is 0 Å². The summed E-state index contributed by atoms with van der Waals surface area (Å²) >= 11 is 2.00. The highest BCUT2D eigenvalue weighted by Gasteiger charge is 2.35. The van der Waals surface area contributed by atoms with E-state index in [2.05, 4.69) is 28.6 Å². The van der Waals surface area contributed by atoms with Crippen LogP contribution in [-0.2, 0) is 13.1 Å². The molecule has 0 spiro atoms. The molecule has 0 bridgehead atoms. The molecule has 0 amide bonds. The molecule has 2 rings (SSSR count). The van der Waals surface area contributed by atoms with Crippen LogP contribution in [0.2, 0.25) is 0 Å². The van der Waals surface area contributed by atoms with Crippen molar-refractivity contribution in [2.45, 2.75) is 44.0 Å². The lowest BCUT2D eigenvalue weighted by molar-refractivity contribution is 0.343. The molecule has 0 aliphatic heterocycles. The number of aryl methyl sites for hydroxylation is 1. The van der Waals surface area contributed by atoms with Crippen LogP contribution in [-0.4, -0.2) is 32.3 Å². The van der Waals surface area contributed by atoms with Gasteiger partial charge in [-0.3, -0.25) is 0 Å². The van der Waals surface area contributed by atoms with Crippen molar-refractivity contribution in [2.75, 3.05) is 12.8 Å². The van der Waals surface area contributed by atoms with Crippen molar-refractivity contribution >= 4 is 11.8 Å². The molecule has 90 valence electrons. The third-order valence-corrected chi connectivity index (χ3v) is 4.84. The fourth-order valence-corrected chi connectivity index (χ4v) is 3.06. The fourth-order valence-electron chi connectivity index (χ4n) is 2.12. The highest BCUT2D eigenvalue weighted by molar-refractivity contribution is 8.00. The minimum atomic E-state index is 0.497. The van der Waals surface area contributed by atoms with Gasteiger partial charge in [0.2, 0.25) is 0 Å². The van der Waals surface area contributed by atoms with Gasteiger partial charge in [-0.2, -0.15) is 16.9 Å². The molecule has 0 radical (unpaired) electrons. The smallest absolute Gasteiger partial charge is 0.140 e. The normalized spacial score (nSPS) is 18.4. The highest BCUT2D eigenvalue weighted by Crippen LogP contribution is 2.42. The fraction of sp³-hybridized carbons (Fsp3) is 0.818. The van der Waals surface area contributed by atoms with Crippen LogP contribution in [0.5, 0.6) is 0 Å². The second-order valence-electron chi connectivity index (χ2n) is 4.34. The van der Waals surface area contributed by atoms with E-state index in [1.54, 1.807) is 6.33 Å². The number of hydrogen-bond acceptors (Lipinski definition) is 4. The zero-order valence-electron chi connectivity index (χ0n) is 10.1. The Morgan fingerprint density at radius 1 is 1.56 bits per heavy atom. The molecule has 5 heteroatoms. The van der Waals surface area contributed by atoms with Crippen LogP contribution in [0, 0.1) is 0 Å². The average molecular weight is 240 g/mol. The lowest BCUT2D eigenvalue weighted by atomic mass is 9.84. The van der Waals surface area contributed by atoms with Crippen LogP contribution in [0.25, 0.3) is 0 Å². The summed E-state index contributed by atoms with van der Waals surface area (Å²) in [5.74, 6) is 1.04. The predicted octanol–water partition coefficient (Wildman–Crippen LogP) is 1.67. The third kappa shape index (κ3) is 2.40. The SMILES string of the molecule is CCn1ncnc1CNCC1(SC)CCC1. The first-order valence-electron chi connectivity index (χ1n) is 5.92. The predicted molar refractivity (Wildman–Crippen MR) is 67.5 cm³/mol. The highest BCUT2D eigenvalue weighted by atomic mass is 32.2. The van der Waals surface area contributed by atoms with E-state index in [1.165, 1.54) is 19.3 Å². The Bertz CT molecular complexity index is 327. The Hall–Kier alpha value is -0.550. The van der Waals surface area contributed by atoms with Crippen LogP contribution < -0.4 is 5.32 Å². The molecular weight excluding hydrogens is 220 g/mol. The first-order chi connectivity index (χ1) is 7.79. The summed E-state index contributed by atoms with van der Waals surface area (Å²) in [7, 11) is 0. The van der Waals surface area contributed by atoms with E-state index in [4.69, 9.17) is 0 Å². The Kier molecular flexibility index (Phi) is 3.86.